The van der Waals surface area contributed by atoms with E-state index in [1.807, 2.05) is 13.8 Å². The fourth-order valence-corrected chi connectivity index (χ4v) is 1.68. The van der Waals surface area contributed by atoms with Gasteiger partial charge in [-0.25, -0.2) is 4.79 Å². The summed E-state index contributed by atoms with van der Waals surface area (Å²) in [5.74, 6) is -0.253. The number of hydrogen-bond donors (Lipinski definition) is 2. The maximum Gasteiger partial charge on any atom is 0.341 e. The topological polar surface area (TPSA) is 90.7 Å². The van der Waals surface area contributed by atoms with Crippen LogP contribution in [0.5, 0.6) is 5.75 Å². The second-order valence-corrected chi connectivity index (χ2v) is 4.80. The standard InChI is InChI=1S/C15H22N2O4/c1-4-20-15(19)12-6-5-11(16)9-13(12)21-8-7-14(18)17-10(2)3/h5-6,9-10H,4,7-8,16H2,1-3H3,(H,17,18). The van der Waals surface area contributed by atoms with Crippen molar-refractivity contribution in [3.63, 3.8) is 0 Å². The largest absolute Gasteiger partial charge is 0.492 e. The minimum Gasteiger partial charge on any atom is -0.492 e. The summed E-state index contributed by atoms with van der Waals surface area (Å²) in [6, 6.07) is 4.79. The van der Waals surface area contributed by atoms with Gasteiger partial charge < -0.3 is 20.5 Å². The Labute approximate surface area is 124 Å². The van der Waals surface area contributed by atoms with Crippen molar-refractivity contribution >= 4 is 17.6 Å². The molecule has 1 amide bonds. The van der Waals surface area contributed by atoms with Crippen molar-refractivity contribution in [3.8, 4) is 5.75 Å². The average Bonchev–Trinajstić information content (AvgIpc) is 2.38. The molecule has 6 nitrogen and oxygen atoms in total. The number of nitrogens with two attached hydrogens (primary N) is 1. The van der Waals surface area contributed by atoms with Crippen LogP contribution in [0.2, 0.25) is 0 Å². The molecule has 0 aliphatic rings. The Hall–Kier alpha value is -2.24. The maximum absolute atomic E-state index is 11.8. The van der Waals surface area contributed by atoms with E-state index >= 15 is 0 Å². The number of carbonyl (C=O) groups excluding carboxylic acids is 2. The second-order valence-electron chi connectivity index (χ2n) is 4.80. The van der Waals surface area contributed by atoms with Gasteiger partial charge in [0.15, 0.2) is 0 Å². The van der Waals surface area contributed by atoms with Gasteiger partial charge in [-0.3, -0.25) is 4.79 Å². The van der Waals surface area contributed by atoms with Crippen molar-refractivity contribution in [2.75, 3.05) is 18.9 Å². The van der Waals surface area contributed by atoms with E-state index in [0.717, 1.165) is 0 Å². The first-order chi connectivity index (χ1) is 9.93. The summed E-state index contributed by atoms with van der Waals surface area (Å²) in [4.78, 5) is 23.3. The zero-order chi connectivity index (χ0) is 15.8. The minimum atomic E-state index is -0.473. The zero-order valence-electron chi connectivity index (χ0n) is 12.6. The number of carbonyl (C=O) groups is 2. The number of amides is 1. The molecule has 1 aromatic rings. The van der Waals surface area contributed by atoms with Crippen LogP contribution in [0.1, 0.15) is 37.6 Å². The Morgan fingerprint density at radius 2 is 2.05 bits per heavy atom. The number of benzene rings is 1. The van der Waals surface area contributed by atoms with Crippen LogP contribution in [-0.2, 0) is 9.53 Å². The zero-order valence-corrected chi connectivity index (χ0v) is 12.6. The van der Waals surface area contributed by atoms with Crippen LogP contribution in [0.4, 0.5) is 5.69 Å². The molecule has 0 spiro atoms. The third-order valence-corrected chi connectivity index (χ3v) is 2.54. The molecule has 0 aliphatic carbocycles. The molecule has 6 heteroatoms. The van der Waals surface area contributed by atoms with Crippen molar-refractivity contribution in [1.82, 2.24) is 5.32 Å². The van der Waals surface area contributed by atoms with Crippen molar-refractivity contribution in [1.29, 1.82) is 0 Å². The van der Waals surface area contributed by atoms with Crippen LogP contribution in [-0.4, -0.2) is 31.1 Å². The molecule has 0 unspecified atom stereocenters. The third kappa shape index (κ3) is 5.72. The van der Waals surface area contributed by atoms with E-state index in [2.05, 4.69) is 5.32 Å². The van der Waals surface area contributed by atoms with Crippen LogP contribution in [0.3, 0.4) is 0 Å². The number of rotatable bonds is 7. The van der Waals surface area contributed by atoms with Crippen LogP contribution >= 0.6 is 0 Å². The van der Waals surface area contributed by atoms with Crippen molar-refractivity contribution in [3.05, 3.63) is 23.8 Å². The quantitative estimate of drug-likeness (QED) is 0.590. The number of esters is 1. The fourth-order valence-electron chi connectivity index (χ4n) is 1.68. The summed E-state index contributed by atoms with van der Waals surface area (Å²) in [7, 11) is 0. The molecule has 0 aromatic heterocycles. The molecular weight excluding hydrogens is 272 g/mol. The SMILES string of the molecule is CCOC(=O)c1ccc(N)cc1OCCC(=O)NC(C)C. The highest BCUT2D eigenvalue weighted by atomic mass is 16.5. The predicted molar refractivity (Wildman–Crippen MR) is 80.2 cm³/mol. The molecule has 21 heavy (non-hydrogen) atoms. The molecule has 0 fully saturated rings. The first-order valence-corrected chi connectivity index (χ1v) is 6.92. The van der Waals surface area contributed by atoms with Crippen LogP contribution < -0.4 is 15.8 Å². The number of nitrogens with one attached hydrogen (secondary N) is 1. The van der Waals surface area contributed by atoms with Gasteiger partial charge in [-0.15, -0.1) is 0 Å². The van der Waals surface area contributed by atoms with Crippen molar-refractivity contribution in [2.24, 2.45) is 0 Å². The van der Waals surface area contributed by atoms with Gasteiger partial charge >= 0.3 is 5.97 Å². The van der Waals surface area contributed by atoms with Gasteiger partial charge in [0.05, 0.1) is 19.6 Å². The van der Waals surface area contributed by atoms with Gasteiger partial charge in [0.25, 0.3) is 0 Å². The molecule has 0 atom stereocenters. The predicted octanol–water partition coefficient (Wildman–Crippen LogP) is 1.74. The van der Waals surface area contributed by atoms with Gasteiger partial charge in [-0.1, -0.05) is 0 Å². The van der Waals surface area contributed by atoms with E-state index in [-0.39, 0.29) is 31.6 Å². The molecule has 0 radical (unpaired) electrons. The summed E-state index contributed by atoms with van der Waals surface area (Å²) >= 11 is 0. The average molecular weight is 294 g/mol. The Morgan fingerprint density at radius 3 is 2.67 bits per heavy atom. The maximum atomic E-state index is 11.8. The lowest BCUT2D eigenvalue weighted by Gasteiger charge is -2.12. The van der Waals surface area contributed by atoms with E-state index in [1.54, 1.807) is 25.1 Å². The highest BCUT2D eigenvalue weighted by Crippen LogP contribution is 2.23. The number of ether oxygens (including phenoxy) is 2. The molecule has 0 bridgehead atoms. The molecule has 0 saturated heterocycles. The summed E-state index contributed by atoms with van der Waals surface area (Å²) in [6.07, 6.45) is 0.204. The smallest absolute Gasteiger partial charge is 0.341 e. The van der Waals surface area contributed by atoms with Crippen LogP contribution in [0, 0.1) is 0 Å². The van der Waals surface area contributed by atoms with E-state index in [9.17, 15) is 9.59 Å². The van der Waals surface area contributed by atoms with E-state index in [4.69, 9.17) is 15.2 Å². The first-order valence-electron chi connectivity index (χ1n) is 6.92. The highest BCUT2D eigenvalue weighted by Gasteiger charge is 2.14. The summed E-state index contributed by atoms with van der Waals surface area (Å²) in [5.41, 5.74) is 6.47. The molecular formula is C15H22N2O4. The van der Waals surface area contributed by atoms with Crippen molar-refractivity contribution < 1.29 is 19.1 Å². The van der Waals surface area contributed by atoms with E-state index < -0.39 is 5.97 Å². The Morgan fingerprint density at radius 1 is 1.33 bits per heavy atom. The third-order valence-electron chi connectivity index (χ3n) is 2.54. The van der Waals surface area contributed by atoms with E-state index in [1.165, 1.54) is 0 Å². The molecule has 116 valence electrons. The first kappa shape index (κ1) is 16.8. The van der Waals surface area contributed by atoms with E-state index in [0.29, 0.717) is 17.0 Å². The van der Waals surface area contributed by atoms with Crippen LogP contribution in [0.15, 0.2) is 18.2 Å². The minimum absolute atomic E-state index is 0.0833. The molecule has 1 aromatic carbocycles. The molecule has 0 aliphatic heterocycles. The fraction of sp³-hybridized carbons (Fsp3) is 0.467. The molecule has 3 N–H and O–H groups in total. The van der Waals surface area contributed by atoms with Gasteiger partial charge in [-0.05, 0) is 32.9 Å². The molecule has 0 heterocycles. The highest BCUT2D eigenvalue weighted by molar-refractivity contribution is 5.93. The summed E-state index contributed by atoms with van der Waals surface area (Å²) in [6.45, 7) is 5.94. The van der Waals surface area contributed by atoms with Gasteiger partial charge in [0.2, 0.25) is 5.91 Å². The second kappa shape index (κ2) is 8.14. The number of anilines is 1. The van der Waals surface area contributed by atoms with Gasteiger partial charge in [0.1, 0.15) is 11.3 Å². The number of hydrogen-bond acceptors (Lipinski definition) is 5. The molecule has 1 rings (SSSR count). The summed E-state index contributed by atoms with van der Waals surface area (Å²) in [5, 5.41) is 2.76. The Bertz CT molecular complexity index is 500. The summed E-state index contributed by atoms with van der Waals surface area (Å²) < 4.78 is 10.4. The Balaban J connectivity index is 2.67. The van der Waals surface area contributed by atoms with Gasteiger partial charge in [-0.2, -0.15) is 0 Å². The normalized spacial score (nSPS) is 10.3. The lowest BCUT2D eigenvalue weighted by atomic mass is 10.2. The van der Waals surface area contributed by atoms with Crippen molar-refractivity contribution in [2.45, 2.75) is 33.2 Å². The Kier molecular flexibility index (Phi) is 6.52. The monoisotopic (exact) mass is 294 g/mol. The lowest BCUT2D eigenvalue weighted by molar-refractivity contribution is -0.122. The van der Waals surface area contributed by atoms with Gasteiger partial charge in [0, 0.05) is 17.8 Å². The lowest BCUT2D eigenvalue weighted by Crippen LogP contribution is -2.31. The number of nitrogen functional groups attached to an aromatic ring is 1. The molecule has 0 saturated carbocycles. The van der Waals surface area contributed by atoms with Crippen LogP contribution in [0.25, 0.3) is 0 Å².